The molecule has 1 aliphatic rings. The van der Waals surface area contributed by atoms with Gasteiger partial charge in [-0.05, 0) is 30.5 Å². The number of nitrogens with one attached hydrogen (secondary N) is 1. The molecule has 1 fully saturated rings. The lowest BCUT2D eigenvalue weighted by molar-refractivity contribution is 0.147. The molecule has 1 unspecified atom stereocenters. The second-order valence-electron chi connectivity index (χ2n) is 6.33. The van der Waals surface area contributed by atoms with Crippen molar-refractivity contribution in [2.45, 2.75) is 31.5 Å². The number of likely N-dealkylation sites (tertiary alicyclic amines) is 1. The van der Waals surface area contributed by atoms with Crippen molar-refractivity contribution < 1.29 is 0 Å². The van der Waals surface area contributed by atoms with Crippen LogP contribution in [-0.2, 0) is 13.1 Å². The van der Waals surface area contributed by atoms with Gasteiger partial charge in [-0.3, -0.25) is 10.2 Å². The molecule has 0 saturated carbocycles. The topological polar surface area (TPSA) is 39.1 Å². The maximum atomic E-state index is 9.76. The van der Waals surface area contributed by atoms with Gasteiger partial charge in [-0.15, -0.1) is 0 Å². The average Bonchev–Trinajstić information content (AvgIpc) is 2.62. The van der Waals surface area contributed by atoms with Crippen LogP contribution < -0.4 is 5.32 Å². The van der Waals surface area contributed by atoms with E-state index in [9.17, 15) is 5.26 Å². The fourth-order valence-electron chi connectivity index (χ4n) is 3.26. The molecule has 0 bridgehead atoms. The van der Waals surface area contributed by atoms with Gasteiger partial charge in [-0.1, -0.05) is 60.7 Å². The lowest BCUT2D eigenvalue weighted by atomic mass is 9.89. The lowest BCUT2D eigenvalue weighted by Gasteiger charge is -2.39. The van der Waals surface area contributed by atoms with E-state index in [2.05, 4.69) is 52.7 Å². The summed E-state index contributed by atoms with van der Waals surface area (Å²) < 4.78 is 0. The van der Waals surface area contributed by atoms with Gasteiger partial charge in [0.2, 0.25) is 0 Å². The largest absolute Gasteiger partial charge is 0.296 e. The third kappa shape index (κ3) is 4.19. The zero-order chi connectivity index (χ0) is 16.0. The molecule has 0 aliphatic carbocycles. The van der Waals surface area contributed by atoms with Crippen LogP contribution in [0.1, 0.15) is 24.0 Å². The first-order chi connectivity index (χ1) is 11.3. The third-order valence-corrected chi connectivity index (χ3v) is 4.51. The van der Waals surface area contributed by atoms with E-state index < -0.39 is 5.54 Å². The Morgan fingerprint density at radius 3 is 2.30 bits per heavy atom. The molecule has 1 saturated heterocycles. The summed E-state index contributed by atoms with van der Waals surface area (Å²) in [5.41, 5.74) is 2.09. The molecule has 0 amide bonds. The first-order valence-corrected chi connectivity index (χ1v) is 8.26. The predicted molar refractivity (Wildman–Crippen MR) is 92.6 cm³/mol. The van der Waals surface area contributed by atoms with Crippen molar-refractivity contribution in [2.75, 3.05) is 13.1 Å². The van der Waals surface area contributed by atoms with Crippen molar-refractivity contribution in [3.63, 3.8) is 0 Å². The lowest BCUT2D eigenvalue weighted by Crippen LogP contribution is -2.55. The third-order valence-electron chi connectivity index (χ3n) is 4.51. The monoisotopic (exact) mass is 305 g/mol. The molecule has 23 heavy (non-hydrogen) atoms. The van der Waals surface area contributed by atoms with Crippen molar-refractivity contribution in [1.29, 1.82) is 5.26 Å². The van der Waals surface area contributed by atoms with Crippen molar-refractivity contribution >= 4 is 0 Å². The Balaban J connectivity index is 1.63. The molecule has 0 aromatic heterocycles. The molecule has 2 aromatic rings. The molecule has 1 atom stereocenters. The number of piperidine rings is 1. The van der Waals surface area contributed by atoms with Gasteiger partial charge in [0.1, 0.15) is 5.54 Å². The summed E-state index contributed by atoms with van der Waals surface area (Å²) >= 11 is 0. The van der Waals surface area contributed by atoms with Gasteiger partial charge < -0.3 is 0 Å². The number of hydrogen-bond acceptors (Lipinski definition) is 3. The molecule has 1 heterocycles. The molecule has 3 heteroatoms. The van der Waals surface area contributed by atoms with E-state index in [1.807, 2.05) is 24.3 Å². The summed E-state index contributed by atoms with van der Waals surface area (Å²) in [6, 6.07) is 23.3. The number of benzene rings is 2. The van der Waals surface area contributed by atoms with Crippen molar-refractivity contribution in [1.82, 2.24) is 10.2 Å². The summed E-state index contributed by atoms with van der Waals surface area (Å²) in [6.07, 6.45) is 1.98. The highest BCUT2D eigenvalue weighted by Crippen LogP contribution is 2.23. The molecule has 0 radical (unpaired) electrons. The first-order valence-electron chi connectivity index (χ1n) is 8.26. The van der Waals surface area contributed by atoms with Crippen LogP contribution >= 0.6 is 0 Å². The van der Waals surface area contributed by atoms with Crippen LogP contribution in [0.25, 0.3) is 0 Å². The van der Waals surface area contributed by atoms with Gasteiger partial charge in [-0.2, -0.15) is 5.26 Å². The van der Waals surface area contributed by atoms with Gasteiger partial charge in [0.05, 0.1) is 6.07 Å². The fraction of sp³-hybridized carbons (Fsp3) is 0.350. The minimum Gasteiger partial charge on any atom is -0.296 e. The van der Waals surface area contributed by atoms with Crippen LogP contribution in [-0.4, -0.2) is 23.5 Å². The first kappa shape index (κ1) is 15.7. The Morgan fingerprint density at radius 1 is 1.00 bits per heavy atom. The normalized spacial score (nSPS) is 21.7. The number of rotatable bonds is 5. The van der Waals surface area contributed by atoms with E-state index in [0.29, 0.717) is 0 Å². The maximum absolute atomic E-state index is 9.76. The molecule has 1 aliphatic heterocycles. The molecule has 1 N–H and O–H groups in total. The van der Waals surface area contributed by atoms with E-state index in [0.717, 1.165) is 39.0 Å². The Morgan fingerprint density at radius 2 is 1.65 bits per heavy atom. The van der Waals surface area contributed by atoms with Gasteiger partial charge in [0.15, 0.2) is 0 Å². The molecular formula is C20H23N3. The molecule has 2 aromatic carbocycles. The van der Waals surface area contributed by atoms with Gasteiger partial charge >= 0.3 is 0 Å². The van der Waals surface area contributed by atoms with Crippen LogP contribution in [0.15, 0.2) is 60.7 Å². The second-order valence-corrected chi connectivity index (χ2v) is 6.33. The van der Waals surface area contributed by atoms with Crippen LogP contribution in [0.4, 0.5) is 0 Å². The highest BCUT2D eigenvalue weighted by Gasteiger charge is 2.35. The van der Waals surface area contributed by atoms with Crippen LogP contribution in [0, 0.1) is 11.3 Å². The standard InChI is InChI=1S/C20H23N3/c21-16-20(22-14-18-8-3-1-4-9-18)12-7-13-23(17-20)15-19-10-5-2-6-11-19/h1-6,8-11,22H,7,12-15,17H2. The van der Waals surface area contributed by atoms with Gasteiger partial charge in [0.25, 0.3) is 0 Å². The Kier molecular flexibility index (Phi) is 5.07. The molecular weight excluding hydrogens is 282 g/mol. The predicted octanol–water partition coefficient (Wildman–Crippen LogP) is 3.33. The van der Waals surface area contributed by atoms with E-state index in [-0.39, 0.29) is 0 Å². The molecule has 118 valence electrons. The Bertz CT molecular complexity index is 648. The van der Waals surface area contributed by atoms with Crippen molar-refractivity contribution in [3.05, 3.63) is 71.8 Å². The van der Waals surface area contributed by atoms with Crippen molar-refractivity contribution in [3.8, 4) is 6.07 Å². The number of hydrogen-bond donors (Lipinski definition) is 1. The van der Waals surface area contributed by atoms with E-state index >= 15 is 0 Å². The average molecular weight is 305 g/mol. The highest BCUT2D eigenvalue weighted by atomic mass is 15.2. The van der Waals surface area contributed by atoms with Crippen molar-refractivity contribution in [2.24, 2.45) is 0 Å². The Hall–Kier alpha value is -2.15. The molecule has 3 nitrogen and oxygen atoms in total. The quantitative estimate of drug-likeness (QED) is 0.921. The summed E-state index contributed by atoms with van der Waals surface area (Å²) in [7, 11) is 0. The van der Waals surface area contributed by atoms with Gasteiger partial charge in [-0.25, -0.2) is 0 Å². The van der Waals surface area contributed by atoms with E-state index in [4.69, 9.17) is 0 Å². The van der Waals surface area contributed by atoms with E-state index in [1.54, 1.807) is 0 Å². The minimum atomic E-state index is -0.442. The fourth-order valence-corrected chi connectivity index (χ4v) is 3.26. The SMILES string of the molecule is N#CC1(NCc2ccccc2)CCCN(Cc2ccccc2)C1. The van der Waals surface area contributed by atoms with Crippen LogP contribution in [0.2, 0.25) is 0 Å². The highest BCUT2D eigenvalue weighted by molar-refractivity contribution is 5.19. The summed E-state index contributed by atoms with van der Waals surface area (Å²) in [5.74, 6) is 0. The number of nitriles is 1. The van der Waals surface area contributed by atoms with E-state index in [1.165, 1.54) is 11.1 Å². The molecule has 0 spiro atoms. The minimum absolute atomic E-state index is 0.442. The van der Waals surface area contributed by atoms with Gasteiger partial charge in [0, 0.05) is 19.6 Å². The Labute approximate surface area is 138 Å². The molecule has 3 rings (SSSR count). The maximum Gasteiger partial charge on any atom is 0.119 e. The van der Waals surface area contributed by atoms with Crippen LogP contribution in [0.5, 0.6) is 0 Å². The summed E-state index contributed by atoms with van der Waals surface area (Å²) in [6.45, 7) is 3.50. The smallest absolute Gasteiger partial charge is 0.119 e. The number of nitrogens with zero attached hydrogens (tertiary/aromatic N) is 2. The zero-order valence-electron chi connectivity index (χ0n) is 13.4. The van der Waals surface area contributed by atoms with Crippen LogP contribution in [0.3, 0.4) is 0 Å². The zero-order valence-corrected chi connectivity index (χ0v) is 13.4. The second kappa shape index (κ2) is 7.41. The summed E-state index contributed by atoms with van der Waals surface area (Å²) in [4.78, 5) is 2.39. The summed E-state index contributed by atoms with van der Waals surface area (Å²) in [5, 5.41) is 13.3.